The zero-order valence-corrected chi connectivity index (χ0v) is 12.9. The molecule has 112 valence electrons. The third-order valence-corrected chi connectivity index (χ3v) is 5.07. The second-order valence-corrected chi connectivity index (χ2v) is 6.89. The van der Waals surface area contributed by atoms with Gasteiger partial charge in [0.05, 0.1) is 5.69 Å². The van der Waals surface area contributed by atoms with Gasteiger partial charge in [0, 0.05) is 12.7 Å². The molecule has 6 heteroatoms. The average Bonchev–Trinajstić information content (AvgIpc) is 2.40. The van der Waals surface area contributed by atoms with Gasteiger partial charge < -0.3 is 5.73 Å². The van der Waals surface area contributed by atoms with Crippen LogP contribution in [0.25, 0.3) is 0 Å². The number of nitrogens with two attached hydrogens (primary N) is 1. The summed E-state index contributed by atoms with van der Waals surface area (Å²) in [5.74, 6) is -0.819. The van der Waals surface area contributed by atoms with Crippen LogP contribution in [0.2, 0.25) is 0 Å². The van der Waals surface area contributed by atoms with E-state index in [-0.39, 0.29) is 5.69 Å². The van der Waals surface area contributed by atoms with Crippen LogP contribution < -0.4 is 10.0 Å². The summed E-state index contributed by atoms with van der Waals surface area (Å²) in [5, 5.41) is 0. The molecule has 4 nitrogen and oxygen atoms in total. The average molecular weight is 308 g/mol. The van der Waals surface area contributed by atoms with E-state index in [1.807, 2.05) is 26.0 Å². The number of anilines is 2. The normalized spacial score (nSPS) is 11.4. The van der Waals surface area contributed by atoms with Crippen molar-refractivity contribution in [3.63, 3.8) is 0 Å². The van der Waals surface area contributed by atoms with Gasteiger partial charge in [0.1, 0.15) is 10.7 Å². The SMILES string of the molecule is Cc1ccc(N(C)S(=O)(=O)c2cc(N)ccc2F)c(C)c1. The third-order valence-electron chi connectivity index (χ3n) is 3.29. The van der Waals surface area contributed by atoms with Gasteiger partial charge >= 0.3 is 0 Å². The zero-order chi connectivity index (χ0) is 15.8. The largest absolute Gasteiger partial charge is 0.399 e. The van der Waals surface area contributed by atoms with Crippen molar-refractivity contribution in [2.75, 3.05) is 17.1 Å². The van der Waals surface area contributed by atoms with Crippen molar-refractivity contribution in [1.82, 2.24) is 0 Å². The summed E-state index contributed by atoms with van der Waals surface area (Å²) in [6.45, 7) is 3.73. The molecule has 0 aliphatic rings. The van der Waals surface area contributed by atoms with Gasteiger partial charge in [0.2, 0.25) is 0 Å². The van der Waals surface area contributed by atoms with Crippen LogP contribution in [-0.4, -0.2) is 15.5 Å². The molecule has 0 aliphatic heterocycles. The molecule has 0 fully saturated rings. The van der Waals surface area contributed by atoms with Crippen molar-refractivity contribution in [2.24, 2.45) is 0 Å². The summed E-state index contributed by atoms with van der Waals surface area (Å²) in [4.78, 5) is -0.426. The monoisotopic (exact) mass is 308 g/mol. The van der Waals surface area contributed by atoms with E-state index in [4.69, 9.17) is 5.73 Å². The lowest BCUT2D eigenvalue weighted by atomic mass is 10.1. The number of benzene rings is 2. The molecule has 0 aromatic heterocycles. The van der Waals surface area contributed by atoms with Crippen LogP contribution in [0.1, 0.15) is 11.1 Å². The topological polar surface area (TPSA) is 63.4 Å². The molecule has 0 spiro atoms. The Labute approximate surface area is 124 Å². The van der Waals surface area contributed by atoms with Crippen LogP contribution in [0.5, 0.6) is 0 Å². The van der Waals surface area contributed by atoms with Gasteiger partial charge in [-0.1, -0.05) is 17.7 Å². The third kappa shape index (κ3) is 2.85. The Morgan fingerprint density at radius 2 is 1.76 bits per heavy atom. The Bertz CT molecular complexity index is 788. The summed E-state index contributed by atoms with van der Waals surface area (Å²) in [7, 11) is -2.60. The Balaban J connectivity index is 2.55. The highest BCUT2D eigenvalue weighted by molar-refractivity contribution is 7.92. The predicted molar refractivity (Wildman–Crippen MR) is 82.3 cm³/mol. The molecule has 0 amide bonds. The van der Waals surface area contributed by atoms with E-state index in [0.717, 1.165) is 27.6 Å². The van der Waals surface area contributed by atoms with Gasteiger partial charge in [-0.15, -0.1) is 0 Å². The highest BCUT2D eigenvalue weighted by Gasteiger charge is 2.26. The molecule has 0 radical (unpaired) electrons. The number of nitrogen functional groups attached to an aromatic ring is 1. The molecule has 2 rings (SSSR count). The molecule has 0 atom stereocenters. The summed E-state index contributed by atoms with van der Waals surface area (Å²) < 4.78 is 40.1. The molecule has 0 aliphatic carbocycles. The molecule has 21 heavy (non-hydrogen) atoms. The lowest BCUT2D eigenvalue weighted by Crippen LogP contribution is -2.28. The minimum absolute atomic E-state index is 0.198. The number of halogens is 1. The van der Waals surface area contributed by atoms with E-state index >= 15 is 0 Å². The van der Waals surface area contributed by atoms with Crippen molar-refractivity contribution < 1.29 is 12.8 Å². The Morgan fingerprint density at radius 3 is 2.38 bits per heavy atom. The van der Waals surface area contributed by atoms with Crippen molar-refractivity contribution in [2.45, 2.75) is 18.7 Å². The van der Waals surface area contributed by atoms with E-state index in [1.54, 1.807) is 6.07 Å². The van der Waals surface area contributed by atoms with Crippen LogP contribution in [0, 0.1) is 19.7 Å². The Kier molecular flexibility index (Phi) is 3.91. The smallest absolute Gasteiger partial charge is 0.267 e. The number of hydrogen-bond acceptors (Lipinski definition) is 3. The van der Waals surface area contributed by atoms with Gasteiger partial charge in [-0.25, -0.2) is 12.8 Å². The summed E-state index contributed by atoms with van der Waals surface area (Å²) in [5.41, 5.74) is 8.09. The van der Waals surface area contributed by atoms with Crippen molar-refractivity contribution in [3.8, 4) is 0 Å². The predicted octanol–water partition coefficient (Wildman–Crippen LogP) is 2.85. The second-order valence-electron chi connectivity index (χ2n) is 4.95. The zero-order valence-electron chi connectivity index (χ0n) is 12.1. The van der Waals surface area contributed by atoms with Gasteiger partial charge in [-0.3, -0.25) is 4.31 Å². The van der Waals surface area contributed by atoms with E-state index in [1.165, 1.54) is 13.1 Å². The summed E-state index contributed by atoms with van der Waals surface area (Å²) >= 11 is 0. The highest BCUT2D eigenvalue weighted by Crippen LogP contribution is 2.28. The first-order chi connectivity index (χ1) is 9.73. The standard InChI is InChI=1S/C15H17FN2O2S/c1-10-4-7-14(11(2)8-10)18(3)21(19,20)15-9-12(17)5-6-13(15)16/h4-9H,17H2,1-3H3. The van der Waals surface area contributed by atoms with Crippen molar-refractivity contribution >= 4 is 21.4 Å². The number of aryl methyl sites for hydroxylation is 2. The van der Waals surface area contributed by atoms with Crippen LogP contribution in [0.3, 0.4) is 0 Å². The van der Waals surface area contributed by atoms with E-state index in [0.29, 0.717) is 5.69 Å². The fourth-order valence-electron chi connectivity index (χ4n) is 2.15. The fraction of sp³-hybridized carbons (Fsp3) is 0.200. The number of nitrogens with zero attached hydrogens (tertiary/aromatic N) is 1. The van der Waals surface area contributed by atoms with Gasteiger partial charge in [0.25, 0.3) is 10.0 Å². The van der Waals surface area contributed by atoms with Crippen molar-refractivity contribution in [3.05, 3.63) is 53.3 Å². The Hall–Kier alpha value is -2.08. The molecule has 0 saturated carbocycles. The quantitative estimate of drug-likeness (QED) is 0.887. The fourth-order valence-corrected chi connectivity index (χ4v) is 3.51. The van der Waals surface area contributed by atoms with Crippen LogP contribution >= 0.6 is 0 Å². The van der Waals surface area contributed by atoms with Crippen LogP contribution in [0.15, 0.2) is 41.3 Å². The van der Waals surface area contributed by atoms with Gasteiger partial charge in [-0.2, -0.15) is 0 Å². The molecule has 0 bridgehead atoms. The maximum atomic E-state index is 13.8. The van der Waals surface area contributed by atoms with Crippen molar-refractivity contribution in [1.29, 1.82) is 0 Å². The molecule has 0 saturated heterocycles. The molecule has 2 aromatic carbocycles. The minimum Gasteiger partial charge on any atom is -0.399 e. The van der Waals surface area contributed by atoms with Crippen LogP contribution in [-0.2, 0) is 10.0 Å². The molecule has 0 heterocycles. The first-order valence-electron chi connectivity index (χ1n) is 6.34. The first-order valence-corrected chi connectivity index (χ1v) is 7.78. The van der Waals surface area contributed by atoms with E-state index < -0.39 is 20.7 Å². The van der Waals surface area contributed by atoms with Crippen LogP contribution in [0.4, 0.5) is 15.8 Å². The molecular weight excluding hydrogens is 291 g/mol. The maximum absolute atomic E-state index is 13.8. The van der Waals surface area contributed by atoms with Gasteiger partial charge in [-0.05, 0) is 43.7 Å². The Morgan fingerprint density at radius 1 is 1.10 bits per heavy atom. The number of sulfonamides is 1. The molecule has 0 unspecified atom stereocenters. The minimum atomic E-state index is -4.00. The number of rotatable bonds is 3. The summed E-state index contributed by atoms with van der Waals surface area (Å²) in [6, 6.07) is 8.89. The second kappa shape index (κ2) is 5.37. The lowest BCUT2D eigenvalue weighted by molar-refractivity contribution is 0.566. The highest BCUT2D eigenvalue weighted by atomic mass is 32.2. The van der Waals surface area contributed by atoms with E-state index in [2.05, 4.69) is 0 Å². The maximum Gasteiger partial charge on any atom is 0.267 e. The lowest BCUT2D eigenvalue weighted by Gasteiger charge is -2.22. The number of hydrogen-bond donors (Lipinski definition) is 1. The van der Waals surface area contributed by atoms with E-state index in [9.17, 15) is 12.8 Å². The molecule has 2 aromatic rings. The molecule has 2 N–H and O–H groups in total. The van der Waals surface area contributed by atoms with Gasteiger partial charge in [0.15, 0.2) is 0 Å². The summed E-state index contributed by atoms with van der Waals surface area (Å²) in [6.07, 6.45) is 0. The first kappa shape index (κ1) is 15.3. The molecular formula is C15H17FN2O2S.